The van der Waals surface area contributed by atoms with Crippen molar-refractivity contribution in [3.05, 3.63) is 65.5 Å². The van der Waals surface area contributed by atoms with Crippen molar-refractivity contribution in [2.75, 3.05) is 0 Å². The van der Waals surface area contributed by atoms with Crippen LogP contribution in [0.1, 0.15) is 62.6 Å². The van der Waals surface area contributed by atoms with E-state index in [4.69, 9.17) is 0 Å². The van der Waals surface area contributed by atoms with Gasteiger partial charge < -0.3 is 0 Å². The van der Waals surface area contributed by atoms with Crippen LogP contribution in [-0.4, -0.2) is 0 Å². The lowest BCUT2D eigenvalue weighted by Crippen LogP contribution is -2.34. The second kappa shape index (κ2) is 10.2. The molecule has 2 rings (SSSR count). The number of pyridine rings is 1. The second-order valence-corrected chi connectivity index (χ2v) is 6.59. The molecule has 0 fully saturated rings. The van der Waals surface area contributed by atoms with E-state index in [2.05, 4.69) is 67.2 Å². The van der Waals surface area contributed by atoms with E-state index in [9.17, 15) is 0 Å². The van der Waals surface area contributed by atoms with E-state index in [1.54, 1.807) is 0 Å². The highest BCUT2D eigenvalue weighted by Crippen LogP contribution is 2.09. The molecule has 0 unspecified atom stereocenters. The summed E-state index contributed by atoms with van der Waals surface area (Å²) in [5.74, 6) is 0. The summed E-state index contributed by atoms with van der Waals surface area (Å²) in [4.78, 5) is 0. The number of rotatable bonds is 10. The molecule has 0 aliphatic carbocycles. The van der Waals surface area contributed by atoms with Crippen molar-refractivity contribution < 1.29 is 4.57 Å². The minimum absolute atomic E-state index is 1.12. The van der Waals surface area contributed by atoms with E-state index in [1.807, 2.05) is 0 Å². The third-order valence-corrected chi connectivity index (χ3v) is 4.40. The van der Waals surface area contributed by atoms with Crippen molar-refractivity contribution in [3.63, 3.8) is 0 Å². The van der Waals surface area contributed by atoms with Crippen molar-refractivity contribution in [2.45, 2.75) is 71.8 Å². The maximum atomic E-state index is 2.43. The summed E-state index contributed by atoms with van der Waals surface area (Å²) in [7, 11) is 0. The van der Waals surface area contributed by atoms with Gasteiger partial charge in [-0.15, -0.1) is 0 Å². The SMILES string of the molecule is CCCCc1cc(CCCC)c[n+](CCCc2ccccc2)c1. The Kier molecular flexibility index (Phi) is 7.86. The Hall–Kier alpha value is -1.63. The van der Waals surface area contributed by atoms with Gasteiger partial charge in [-0.1, -0.05) is 57.0 Å². The van der Waals surface area contributed by atoms with Crippen molar-refractivity contribution in [1.29, 1.82) is 0 Å². The van der Waals surface area contributed by atoms with Crippen LogP contribution < -0.4 is 4.57 Å². The molecule has 1 nitrogen and oxygen atoms in total. The number of benzene rings is 1. The highest BCUT2D eigenvalue weighted by atomic mass is 14.9. The first kappa shape index (κ1) is 17.7. The molecule has 124 valence electrons. The molecular weight excluding hydrogens is 278 g/mol. The van der Waals surface area contributed by atoms with E-state index in [-0.39, 0.29) is 0 Å². The molecule has 1 aromatic heterocycles. The molecule has 2 aromatic rings. The van der Waals surface area contributed by atoms with Gasteiger partial charge >= 0.3 is 0 Å². The first-order valence-corrected chi connectivity index (χ1v) is 9.37. The third kappa shape index (κ3) is 6.56. The first-order chi connectivity index (χ1) is 11.3. The molecule has 0 spiro atoms. The van der Waals surface area contributed by atoms with Gasteiger partial charge in [-0.05, 0) is 43.7 Å². The number of hydrogen-bond acceptors (Lipinski definition) is 0. The van der Waals surface area contributed by atoms with Crippen LogP contribution in [0.15, 0.2) is 48.8 Å². The second-order valence-electron chi connectivity index (χ2n) is 6.59. The molecule has 0 radical (unpaired) electrons. The fourth-order valence-electron chi connectivity index (χ4n) is 3.05. The monoisotopic (exact) mass is 310 g/mol. The van der Waals surface area contributed by atoms with Crippen LogP contribution in [0.25, 0.3) is 0 Å². The predicted octanol–water partition coefficient (Wildman–Crippen LogP) is 5.29. The minimum atomic E-state index is 1.12. The maximum absolute atomic E-state index is 2.43. The summed E-state index contributed by atoms with van der Waals surface area (Å²) in [5.41, 5.74) is 4.47. The van der Waals surface area contributed by atoms with E-state index >= 15 is 0 Å². The van der Waals surface area contributed by atoms with Crippen LogP contribution in [-0.2, 0) is 25.8 Å². The number of unbranched alkanes of at least 4 members (excludes halogenated alkanes) is 2. The molecule has 0 saturated carbocycles. The Balaban J connectivity index is 1.97. The summed E-state index contributed by atoms with van der Waals surface area (Å²) < 4.78 is 2.43. The van der Waals surface area contributed by atoms with Crippen molar-refractivity contribution >= 4 is 0 Å². The van der Waals surface area contributed by atoms with Gasteiger partial charge in [0.15, 0.2) is 12.4 Å². The van der Waals surface area contributed by atoms with Gasteiger partial charge in [0.25, 0.3) is 0 Å². The Morgan fingerprint density at radius 1 is 0.696 bits per heavy atom. The zero-order chi connectivity index (χ0) is 16.3. The fraction of sp³-hybridized carbons (Fsp3) is 0.500. The van der Waals surface area contributed by atoms with Gasteiger partial charge in [-0.3, -0.25) is 0 Å². The number of nitrogens with zero attached hydrogens (tertiary/aromatic N) is 1. The zero-order valence-electron chi connectivity index (χ0n) is 14.9. The molecule has 1 heterocycles. The van der Waals surface area contributed by atoms with Crippen molar-refractivity contribution in [2.24, 2.45) is 0 Å². The summed E-state index contributed by atoms with van der Waals surface area (Å²) in [5, 5.41) is 0. The Labute approximate surface area is 142 Å². The van der Waals surface area contributed by atoms with Gasteiger partial charge in [0.05, 0.1) is 0 Å². The maximum Gasteiger partial charge on any atom is 0.171 e. The Bertz CT molecular complexity index is 533. The molecule has 1 heteroatoms. The molecule has 1 aromatic carbocycles. The Morgan fingerprint density at radius 3 is 1.83 bits per heavy atom. The van der Waals surface area contributed by atoms with Crippen LogP contribution >= 0.6 is 0 Å². The van der Waals surface area contributed by atoms with Crippen LogP contribution in [0, 0.1) is 0 Å². The van der Waals surface area contributed by atoms with E-state index in [1.165, 1.54) is 61.6 Å². The van der Waals surface area contributed by atoms with E-state index < -0.39 is 0 Å². The number of hydrogen-bond donors (Lipinski definition) is 0. The zero-order valence-corrected chi connectivity index (χ0v) is 14.9. The summed E-state index contributed by atoms with van der Waals surface area (Å²) in [6, 6.07) is 13.3. The van der Waals surface area contributed by atoms with Crippen LogP contribution in [0.2, 0.25) is 0 Å². The lowest BCUT2D eigenvalue weighted by Gasteiger charge is -2.06. The number of aromatic nitrogens is 1. The van der Waals surface area contributed by atoms with Gasteiger partial charge in [0, 0.05) is 17.5 Å². The van der Waals surface area contributed by atoms with Crippen molar-refractivity contribution in [3.8, 4) is 0 Å². The third-order valence-electron chi connectivity index (χ3n) is 4.40. The normalized spacial score (nSPS) is 10.9. The summed E-state index contributed by atoms with van der Waals surface area (Å²) >= 11 is 0. The molecule has 0 bridgehead atoms. The summed E-state index contributed by atoms with van der Waals surface area (Å²) in [6.45, 7) is 5.66. The predicted molar refractivity (Wildman–Crippen MR) is 98.6 cm³/mol. The van der Waals surface area contributed by atoms with Gasteiger partial charge in [0.2, 0.25) is 0 Å². The topological polar surface area (TPSA) is 3.88 Å². The van der Waals surface area contributed by atoms with Gasteiger partial charge in [-0.25, -0.2) is 4.57 Å². The summed E-state index contributed by atoms with van der Waals surface area (Å²) in [6.07, 6.45) is 14.7. The van der Waals surface area contributed by atoms with Gasteiger partial charge in [0.1, 0.15) is 6.54 Å². The number of aryl methyl sites for hydroxylation is 4. The fourth-order valence-corrected chi connectivity index (χ4v) is 3.05. The molecular formula is C22H32N+. The lowest BCUT2D eigenvalue weighted by molar-refractivity contribution is -0.698. The largest absolute Gasteiger partial charge is 0.205 e. The first-order valence-electron chi connectivity index (χ1n) is 9.37. The molecule has 0 aliphatic heterocycles. The standard InChI is InChI=1S/C22H32N/c1-3-5-11-21-17-22(12-6-4-2)19-23(18-21)16-10-15-20-13-8-7-9-14-20/h7-9,13-14,17-19H,3-6,10-12,15-16H2,1-2H3/q+1. The van der Waals surface area contributed by atoms with Crippen LogP contribution in [0.4, 0.5) is 0 Å². The van der Waals surface area contributed by atoms with Gasteiger partial charge in [-0.2, -0.15) is 0 Å². The smallest absolute Gasteiger partial charge is 0.171 e. The highest BCUT2D eigenvalue weighted by Gasteiger charge is 2.08. The highest BCUT2D eigenvalue weighted by molar-refractivity contribution is 5.16. The quantitative estimate of drug-likeness (QED) is 0.525. The molecule has 0 N–H and O–H groups in total. The Morgan fingerprint density at radius 2 is 1.26 bits per heavy atom. The molecule has 23 heavy (non-hydrogen) atoms. The minimum Gasteiger partial charge on any atom is -0.205 e. The van der Waals surface area contributed by atoms with Crippen molar-refractivity contribution in [1.82, 2.24) is 0 Å². The van der Waals surface area contributed by atoms with E-state index in [0.717, 1.165) is 13.0 Å². The molecule has 0 aliphatic rings. The average molecular weight is 311 g/mol. The van der Waals surface area contributed by atoms with Crippen LogP contribution in [0.3, 0.4) is 0 Å². The molecule has 0 amide bonds. The average Bonchev–Trinajstić information content (AvgIpc) is 2.59. The van der Waals surface area contributed by atoms with E-state index in [0.29, 0.717) is 0 Å². The molecule has 0 saturated heterocycles. The van der Waals surface area contributed by atoms with Crippen LogP contribution in [0.5, 0.6) is 0 Å². The molecule has 0 atom stereocenters. The lowest BCUT2D eigenvalue weighted by atomic mass is 10.0.